The highest BCUT2D eigenvalue weighted by Gasteiger charge is 2.69. The van der Waals surface area contributed by atoms with E-state index in [4.69, 9.17) is 4.74 Å². The Balaban J connectivity index is 0.000000839. The number of carboxylic acids is 1. The van der Waals surface area contributed by atoms with E-state index in [1.54, 1.807) is 0 Å². The number of aliphatic hydroxyl groups is 1. The maximum Gasteiger partial charge on any atom is 0.309 e. The Morgan fingerprint density at radius 1 is 0.784 bits per heavy atom. The van der Waals surface area contributed by atoms with Crippen LogP contribution in [0.3, 0.4) is 0 Å². The van der Waals surface area contributed by atoms with E-state index in [1.165, 1.54) is 77.0 Å². The van der Waals surface area contributed by atoms with Crippen molar-refractivity contribution in [1.29, 1.82) is 0 Å². The molecule has 7 aliphatic carbocycles. The van der Waals surface area contributed by atoms with Gasteiger partial charge in [-0.1, -0.05) is 68.2 Å². The second-order valence-corrected chi connectivity index (χ2v) is 20.0. The third kappa shape index (κ3) is 6.65. The lowest BCUT2D eigenvalue weighted by Gasteiger charge is -2.71. The van der Waals surface area contributed by atoms with Gasteiger partial charge >= 0.3 is 11.9 Å². The van der Waals surface area contributed by atoms with Crippen LogP contribution in [0.15, 0.2) is 0 Å². The number of carboxylic acid groups (broad SMARTS) is 1. The highest BCUT2D eigenvalue weighted by Crippen LogP contribution is 2.75. The number of carbonyl (C=O) groups excluding carboxylic acids is 1. The average molecular weight is 713 g/mol. The van der Waals surface area contributed by atoms with Gasteiger partial charge in [-0.3, -0.25) is 14.5 Å². The first-order valence-electron chi connectivity index (χ1n) is 21.3. The van der Waals surface area contributed by atoms with Crippen molar-refractivity contribution >= 4 is 11.9 Å². The maximum absolute atomic E-state index is 13.2. The number of esters is 1. The van der Waals surface area contributed by atoms with Crippen LogP contribution in [-0.4, -0.2) is 71.0 Å². The predicted octanol–water partition coefficient (Wildman–Crippen LogP) is 8.57. The molecule has 0 bridgehead atoms. The quantitative estimate of drug-likeness (QED) is 0.217. The lowest BCUT2D eigenvalue weighted by Crippen LogP contribution is -2.67. The van der Waals surface area contributed by atoms with E-state index < -0.39 is 11.9 Å². The van der Waals surface area contributed by atoms with Gasteiger partial charge in [0.1, 0.15) is 6.10 Å². The van der Waals surface area contributed by atoms with E-state index in [0.29, 0.717) is 47.3 Å². The van der Waals surface area contributed by atoms with Crippen LogP contribution in [0.2, 0.25) is 0 Å². The summed E-state index contributed by atoms with van der Waals surface area (Å²) in [5.74, 6) is 2.58. The molecule has 0 aromatic heterocycles. The lowest BCUT2D eigenvalue weighted by atomic mass is 9.34. The largest absolute Gasteiger partial charge is 0.481 e. The minimum atomic E-state index is -0.783. The molecule has 1 saturated heterocycles. The molecule has 7 saturated carbocycles. The number of likely N-dealkylation sites (tertiary alicyclic amines) is 1. The molecule has 8 aliphatic rings. The number of nitrogens with one attached hydrogen (secondary N) is 1. The first kappa shape index (κ1) is 39.5. The van der Waals surface area contributed by atoms with Gasteiger partial charge in [-0.15, -0.1) is 0 Å². The summed E-state index contributed by atoms with van der Waals surface area (Å²) in [6, 6.07) is 0.364. The summed E-state index contributed by atoms with van der Waals surface area (Å²) >= 11 is 0. The van der Waals surface area contributed by atoms with Crippen molar-refractivity contribution in [2.24, 2.45) is 69.5 Å². The minimum Gasteiger partial charge on any atom is -0.481 e. The standard InChI is InChI=1S/C39H64N2O5.C4H8.CH4/c1-24-27(34(43)44)22-28(24)35(45)46-32-13-15-36(3)29(25(32)2)12-16-38(5)33(36)11-10-30-31-9-6-14-39(31,18-17-37(30,38)4)40-19-21-41-20-7-8-26(41)23-42;1-4-2-3-4;/h24-33,40,42H,6-23H2,1-5H3,(H,43,44);4H,2-3H2,1H3;1H4/t24?,25?,26?,27?,28?,29?,30?,31-,32?,33?,36?,37-,38?,39?;;/m1../s1. The first-order valence-corrected chi connectivity index (χ1v) is 21.3. The number of hydrogen-bond acceptors (Lipinski definition) is 6. The number of aliphatic carboxylic acids is 1. The van der Waals surface area contributed by atoms with Crippen molar-refractivity contribution in [3.8, 4) is 0 Å². The van der Waals surface area contributed by atoms with Crippen molar-refractivity contribution in [1.82, 2.24) is 10.2 Å². The Kier molecular flexibility index (Phi) is 11.5. The van der Waals surface area contributed by atoms with Crippen LogP contribution in [-0.2, 0) is 14.3 Å². The van der Waals surface area contributed by atoms with Gasteiger partial charge in [-0.2, -0.15) is 0 Å². The molecule has 12 unspecified atom stereocenters. The molecule has 0 aromatic carbocycles. The zero-order valence-corrected chi connectivity index (χ0v) is 32.6. The first-order chi connectivity index (χ1) is 23.8. The van der Waals surface area contributed by atoms with Gasteiger partial charge in [0.15, 0.2) is 0 Å². The summed E-state index contributed by atoms with van der Waals surface area (Å²) in [7, 11) is 0. The zero-order valence-electron chi connectivity index (χ0n) is 32.6. The van der Waals surface area contributed by atoms with Crippen molar-refractivity contribution in [2.45, 2.75) is 169 Å². The summed E-state index contributed by atoms with van der Waals surface area (Å²) in [6.45, 7) is 18.1. The molecule has 292 valence electrons. The summed E-state index contributed by atoms with van der Waals surface area (Å²) < 4.78 is 6.25. The summed E-state index contributed by atoms with van der Waals surface area (Å²) in [5.41, 5.74) is 1.30. The smallest absolute Gasteiger partial charge is 0.309 e. The van der Waals surface area contributed by atoms with Gasteiger partial charge in [-0.25, -0.2) is 0 Å². The molecule has 0 radical (unpaired) electrons. The number of aliphatic hydroxyl groups excluding tert-OH is 1. The van der Waals surface area contributed by atoms with Crippen LogP contribution in [0.1, 0.15) is 152 Å². The molecular weight excluding hydrogens is 636 g/mol. The van der Waals surface area contributed by atoms with Crippen molar-refractivity contribution < 1.29 is 24.5 Å². The van der Waals surface area contributed by atoms with Gasteiger partial charge in [0.25, 0.3) is 0 Å². The number of carbonyl (C=O) groups is 2. The number of hydrogen-bond donors (Lipinski definition) is 3. The van der Waals surface area contributed by atoms with Crippen molar-refractivity contribution in [3.63, 3.8) is 0 Å². The topological polar surface area (TPSA) is 99.1 Å². The molecule has 14 atom stereocenters. The molecule has 8 fully saturated rings. The van der Waals surface area contributed by atoms with Crippen LogP contribution in [0, 0.1) is 69.5 Å². The molecular formula is C44H76N2O5. The van der Waals surface area contributed by atoms with Crippen LogP contribution < -0.4 is 5.32 Å². The SMILES string of the molecule is C.CC1C(C(=O)O)CC1C(=O)OC1CCC2(C)C(CCC3(C)C2CCC2[C@H]4CCCC4(NCCN4CCCC4CO)CC[C@]23C)C1C.CC1CC1. The number of nitrogens with zero attached hydrogens (tertiary/aromatic N) is 1. The van der Waals surface area contributed by atoms with Gasteiger partial charge in [0, 0.05) is 24.7 Å². The Labute approximate surface area is 311 Å². The van der Waals surface area contributed by atoms with Gasteiger partial charge in [0.05, 0.1) is 18.4 Å². The fourth-order valence-electron chi connectivity index (χ4n) is 14.3. The predicted molar refractivity (Wildman–Crippen MR) is 204 cm³/mol. The van der Waals surface area contributed by atoms with Crippen molar-refractivity contribution in [3.05, 3.63) is 0 Å². The normalized spacial score (nSPS) is 48.7. The Hall–Kier alpha value is -1.18. The monoisotopic (exact) mass is 713 g/mol. The van der Waals surface area contributed by atoms with E-state index in [2.05, 4.69) is 44.8 Å². The zero-order chi connectivity index (χ0) is 35.6. The number of ether oxygens (including phenoxy) is 1. The maximum atomic E-state index is 13.2. The third-order valence-electron chi connectivity index (χ3n) is 18.0. The molecule has 3 N–H and O–H groups in total. The van der Waals surface area contributed by atoms with Crippen LogP contribution in [0.5, 0.6) is 0 Å². The Morgan fingerprint density at radius 2 is 1.53 bits per heavy atom. The van der Waals surface area contributed by atoms with Crippen LogP contribution in [0.4, 0.5) is 0 Å². The Bertz CT molecular complexity index is 1260. The fraction of sp³-hybridized carbons (Fsp3) is 0.955. The second-order valence-electron chi connectivity index (χ2n) is 20.0. The molecule has 1 heterocycles. The summed E-state index contributed by atoms with van der Waals surface area (Å²) in [4.78, 5) is 27.2. The average Bonchev–Trinajstić information content (AvgIpc) is 3.53. The highest BCUT2D eigenvalue weighted by molar-refractivity contribution is 5.80. The number of rotatable bonds is 8. The molecule has 0 aromatic rings. The van der Waals surface area contributed by atoms with Gasteiger partial charge < -0.3 is 20.3 Å². The van der Waals surface area contributed by atoms with Crippen LogP contribution >= 0.6 is 0 Å². The molecule has 0 amide bonds. The number of fused-ring (bicyclic) bond motifs is 7. The van der Waals surface area contributed by atoms with E-state index in [-0.39, 0.29) is 36.8 Å². The van der Waals surface area contributed by atoms with Gasteiger partial charge in [-0.05, 0) is 148 Å². The van der Waals surface area contributed by atoms with E-state index in [9.17, 15) is 19.8 Å². The highest BCUT2D eigenvalue weighted by atomic mass is 16.5. The fourth-order valence-corrected chi connectivity index (χ4v) is 14.3. The van der Waals surface area contributed by atoms with E-state index in [1.807, 2.05) is 6.92 Å². The lowest BCUT2D eigenvalue weighted by molar-refractivity contribution is -0.231. The Morgan fingerprint density at radius 3 is 2.20 bits per heavy atom. The second kappa shape index (κ2) is 14.8. The van der Waals surface area contributed by atoms with Gasteiger partial charge in [0.2, 0.25) is 0 Å². The summed E-state index contributed by atoms with van der Waals surface area (Å²) in [6.07, 6.45) is 19.8. The summed E-state index contributed by atoms with van der Waals surface area (Å²) in [5, 5.41) is 23.5. The van der Waals surface area contributed by atoms with Crippen LogP contribution in [0.25, 0.3) is 0 Å². The molecule has 7 nitrogen and oxygen atoms in total. The molecule has 7 heteroatoms. The molecule has 8 rings (SSSR count). The van der Waals surface area contributed by atoms with E-state index >= 15 is 0 Å². The van der Waals surface area contributed by atoms with Crippen molar-refractivity contribution in [2.75, 3.05) is 26.2 Å². The van der Waals surface area contributed by atoms with E-state index in [0.717, 1.165) is 62.6 Å². The minimum absolute atomic E-state index is 0. The molecule has 51 heavy (non-hydrogen) atoms. The third-order valence-corrected chi connectivity index (χ3v) is 18.0. The molecule has 1 aliphatic heterocycles. The molecule has 0 spiro atoms.